The molecule has 10 nitrogen and oxygen atoms in total. The van der Waals surface area contributed by atoms with Crippen molar-refractivity contribution in [3.05, 3.63) is 24.3 Å². The van der Waals surface area contributed by atoms with E-state index < -0.39 is 44.6 Å². The van der Waals surface area contributed by atoms with Gasteiger partial charge in [-0.2, -0.15) is 0 Å². The van der Waals surface area contributed by atoms with Crippen LogP contribution in [0, 0.1) is 0 Å². The number of hydrogen-bond donors (Lipinski definition) is 4. The van der Waals surface area contributed by atoms with Gasteiger partial charge in [0.2, 0.25) is 23.6 Å². The van der Waals surface area contributed by atoms with E-state index in [0.29, 0.717) is 11.4 Å². The largest absolute Gasteiger partial charge is 0.326 e. The van der Waals surface area contributed by atoms with E-state index in [4.69, 9.17) is 0 Å². The molecular weight excluding hydrogens is 408 g/mol. The van der Waals surface area contributed by atoms with Crippen LogP contribution < -0.4 is 21.3 Å². The molecule has 3 rings (SSSR count). The Balaban J connectivity index is 1.48. The second-order valence-corrected chi connectivity index (χ2v) is 8.20. The highest BCUT2D eigenvalue weighted by molar-refractivity contribution is 8.15. The van der Waals surface area contributed by atoms with Gasteiger partial charge < -0.3 is 10.6 Å². The van der Waals surface area contributed by atoms with Gasteiger partial charge in [-0.15, -0.1) is 0 Å². The Labute approximate surface area is 166 Å². The van der Waals surface area contributed by atoms with E-state index in [2.05, 4.69) is 21.3 Å². The van der Waals surface area contributed by atoms with Gasteiger partial charge in [-0.3, -0.25) is 39.4 Å². The van der Waals surface area contributed by atoms with Gasteiger partial charge in [-0.05, 0) is 24.3 Å². The second kappa shape index (κ2) is 8.44. The lowest BCUT2D eigenvalue weighted by Gasteiger charge is -2.10. The van der Waals surface area contributed by atoms with Crippen LogP contribution in [0.15, 0.2) is 24.3 Å². The van der Waals surface area contributed by atoms with Crippen LogP contribution in [-0.2, 0) is 19.2 Å². The first-order valence-corrected chi connectivity index (χ1v) is 9.79. The fraction of sp³-hybridized carbons (Fsp3) is 0.250. The lowest BCUT2D eigenvalue weighted by molar-refractivity contribution is -0.122. The molecule has 0 unspecified atom stereocenters. The number of thioether (sulfide) groups is 2. The molecule has 2 aliphatic heterocycles. The van der Waals surface area contributed by atoms with Crippen LogP contribution in [0.3, 0.4) is 0 Å². The third-order valence-electron chi connectivity index (χ3n) is 3.73. The molecule has 2 aliphatic rings. The summed E-state index contributed by atoms with van der Waals surface area (Å²) >= 11 is 1.55. The lowest BCUT2D eigenvalue weighted by atomic mass is 10.2. The van der Waals surface area contributed by atoms with Crippen molar-refractivity contribution < 1.29 is 28.8 Å². The maximum atomic E-state index is 12.0. The van der Waals surface area contributed by atoms with Crippen LogP contribution >= 0.6 is 23.5 Å². The molecule has 28 heavy (non-hydrogen) atoms. The first-order chi connectivity index (χ1) is 13.3. The molecule has 0 aromatic heterocycles. The number of nitrogens with one attached hydrogen (secondary N) is 4. The number of imide groups is 2. The minimum absolute atomic E-state index is 0.138. The maximum absolute atomic E-state index is 12.0. The van der Waals surface area contributed by atoms with Gasteiger partial charge in [0.05, 0.1) is 0 Å². The molecule has 0 spiro atoms. The van der Waals surface area contributed by atoms with Crippen molar-refractivity contribution in [1.82, 2.24) is 10.6 Å². The first kappa shape index (κ1) is 19.9. The van der Waals surface area contributed by atoms with Gasteiger partial charge in [-0.1, -0.05) is 23.5 Å². The molecule has 1 aromatic carbocycles. The summed E-state index contributed by atoms with van der Waals surface area (Å²) in [5, 5.41) is 7.00. The summed E-state index contributed by atoms with van der Waals surface area (Å²) in [6.07, 6.45) is -0.277. The normalized spacial score (nSPS) is 21.3. The summed E-state index contributed by atoms with van der Waals surface area (Å²) in [6, 6.07) is 6.23. The third kappa shape index (κ3) is 5.10. The maximum Gasteiger partial charge on any atom is 0.286 e. The van der Waals surface area contributed by atoms with Crippen LogP contribution in [0.5, 0.6) is 0 Å². The monoisotopic (exact) mass is 422 g/mol. The Morgan fingerprint density at radius 2 is 1.11 bits per heavy atom. The number of benzene rings is 1. The summed E-state index contributed by atoms with van der Waals surface area (Å²) in [6.45, 7) is 0. The van der Waals surface area contributed by atoms with E-state index >= 15 is 0 Å². The van der Waals surface area contributed by atoms with Crippen molar-refractivity contribution in [2.45, 2.75) is 23.3 Å². The Hall–Kier alpha value is -2.86. The number of amides is 6. The zero-order chi connectivity index (χ0) is 20.3. The molecule has 0 radical (unpaired) electrons. The van der Waals surface area contributed by atoms with E-state index in [1.807, 2.05) is 0 Å². The predicted molar refractivity (Wildman–Crippen MR) is 103 cm³/mol. The van der Waals surface area contributed by atoms with Crippen LogP contribution in [0.1, 0.15) is 12.8 Å². The highest BCUT2D eigenvalue weighted by atomic mass is 32.2. The van der Waals surface area contributed by atoms with Gasteiger partial charge in [0.25, 0.3) is 10.5 Å². The number of carbonyl (C=O) groups is 6. The van der Waals surface area contributed by atoms with Crippen molar-refractivity contribution in [2.24, 2.45) is 0 Å². The van der Waals surface area contributed by atoms with Crippen LogP contribution in [0.25, 0.3) is 0 Å². The van der Waals surface area contributed by atoms with Crippen LogP contribution in [-0.4, -0.2) is 44.6 Å². The Bertz CT molecular complexity index is 801. The topological polar surface area (TPSA) is 151 Å². The van der Waals surface area contributed by atoms with E-state index in [0.717, 1.165) is 23.5 Å². The molecule has 2 fully saturated rings. The summed E-state index contributed by atoms with van der Waals surface area (Å²) in [5.41, 5.74) is 0.906. The molecule has 146 valence electrons. The highest BCUT2D eigenvalue weighted by Gasteiger charge is 2.34. The number of anilines is 2. The van der Waals surface area contributed by atoms with Crippen molar-refractivity contribution in [1.29, 1.82) is 0 Å². The molecule has 1 aromatic rings. The van der Waals surface area contributed by atoms with E-state index in [1.165, 1.54) is 0 Å². The SMILES string of the molecule is O=C(C[C@@H]1SC(=O)NC1=O)Nc1ccc(NC(=O)C[C@@H]2SC(=O)NC2=O)cc1. The summed E-state index contributed by atoms with van der Waals surface area (Å²) in [5.74, 6) is -1.82. The van der Waals surface area contributed by atoms with Crippen molar-refractivity contribution in [2.75, 3.05) is 10.6 Å². The van der Waals surface area contributed by atoms with Gasteiger partial charge in [-0.25, -0.2) is 0 Å². The predicted octanol–water partition coefficient (Wildman–Crippen LogP) is 1.05. The first-order valence-electron chi connectivity index (χ1n) is 8.03. The summed E-state index contributed by atoms with van der Waals surface area (Å²) in [7, 11) is 0. The summed E-state index contributed by atoms with van der Waals surface area (Å²) < 4.78 is 0. The van der Waals surface area contributed by atoms with Gasteiger partial charge in [0.1, 0.15) is 10.5 Å². The molecule has 12 heteroatoms. The number of rotatable bonds is 6. The van der Waals surface area contributed by atoms with Crippen LogP contribution in [0.2, 0.25) is 0 Å². The molecule has 6 amide bonds. The standard InChI is InChI=1S/C16H14N4O6S2/c21-11(5-9-13(23)19-15(25)27-9)17-7-1-2-8(4-3-7)18-12(22)6-10-14(24)20-16(26)28-10/h1-4,9-10H,5-6H2,(H,17,21)(H,18,22)(H,19,23,25)(H,20,24,26)/t9-,10-/m0/s1. The van der Waals surface area contributed by atoms with E-state index in [-0.39, 0.29) is 12.8 Å². The van der Waals surface area contributed by atoms with E-state index in [9.17, 15) is 28.8 Å². The average Bonchev–Trinajstić information content (AvgIpc) is 3.09. The van der Waals surface area contributed by atoms with Crippen molar-refractivity contribution in [3.63, 3.8) is 0 Å². The fourth-order valence-electron chi connectivity index (χ4n) is 2.45. The molecule has 2 saturated heterocycles. The van der Waals surface area contributed by atoms with Gasteiger partial charge in [0, 0.05) is 24.2 Å². The van der Waals surface area contributed by atoms with Gasteiger partial charge in [0.15, 0.2) is 0 Å². The number of hydrogen-bond acceptors (Lipinski definition) is 8. The Kier molecular flexibility index (Phi) is 5.99. The minimum Gasteiger partial charge on any atom is -0.326 e. The zero-order valence-electron chi connectivity index (χ0n) is 14.1. The zero-order valence-corrected chi connectivity index (χ0v) is 15.8. The minimum atomic E-state index is -0.747. The molecule has 0 aliphatic carbocycles. The molecule has 0 saturated carbocycles. The highest BCUT2D eigenvalue weighted by Crippen LogP contribution is 2.24. The Morgan fingerprint density at radius 3 is 1.39 bits per heavy atom. The summed E-state index contributed by atoms with van der Waals surface area (Å²) in [4.78, 5) is 69.1. The fourth-order valence-corrected chi connectivity index (χ4v) is 4.09. The third-order valence-corrected chi connectivity index (χ3v) is 5.69. The molecule has 2 heterocycles. The van der Waals surface area contributed by atoms with E-state index in [1.54, 1.807) is 24.3 Å². The second-order valence-electron chi connectivity index (χ2n) is 5.85. The quantitative estimate of drug-likeness (QED) is 0.531. The van der Waals surface area contributed by atoms with Crippen molar-refractivity contribution >= 4 is 69.0 Å². The molecular formula is C16H14N4O6S2. The molecule has 0 bridgehead atoms. The molecule has 4 N–H and O–H groups in total. The number of carbonyl (C=O) groups excluding carboxylic acids is 6. The smallest absolute Gasteiger partial charge is 0.286 e. The average molecular weight is 422 g/mol. The lowest BCUT2D eigenvalue weighted by Crippen LogP contribution is -2.27. The van der Waals surface area contributed by atoms with Crippen LogP contribution in [0.4, 0.5) is 21.0 Å². The molecule has 2 atom stereocenters. The van der Waals surface area contributed by atoms with Gasteiger partial charge >= 0.3 is 0 Å². The Morgan fingerprint density at radius 1 is 0.750 bits per heavy atom. The van der Waals surface area contributed by atoms with Crippen molar-refractivity contribution in [3.8, 4) is 0 Å².